The molecule has 7 heteroatoms. The van der Waals surface area contributed by atoms with E-state index in [0.29, 0.717) is 6.42 Å². The first kappa shape index (κ1) is 19.3. The smallest absolute Gasteiger partial charge is 0.255 e. The average Bonchev–Trinajstić information content (AvgIpc) is 3.10. The predicted octanol–water partition coefficient (Wildman–Crippen LogP) is 4.29. The van der Waals surface area contributed by atoms with Crippen molar-refractivity contribution in [2.24, 2.45) is 0 Å². The van der Waals surface area contributed by atoms with Crippen LogP contribution in [0.5, 0.6) is 5.75 Å². The number of nitrogens with zero attached hydrogens (tertiary/aromatic N) is 2. The number of hydrogen-bond acceptors (Lipinski definition) is 4. The number of ether oxygens (including phenoxy) is 1. The van der Waals surface area contributed by atoms with Crippen LogP contribution in [-0.2, 0) is 6.42 Å². The molecule has 1 atom stereocenters. The van der Waals surface area contributed by atoms with Gasteiger partial charge in [0.1, 0.15) is 17.7 Å². The van der Waals surface area contributed by atoms with Crippen molar-refractivity contribution in [3.05, 3.63) is 75.9 Å². The van der Waals surface area contributed by atoms with Crippen LogP contribution >= 0.6 is 11.6 Å². The first-order valence-corrected chi connectivity index (χ1v) is 9.62. The fourth-order valence-electron chi connectivity index (χ4n) is 3.40. The Morgan fingerprint density at radius 3 is 2.93 bits per heavy atom. The second kappa shape index (κ2) is 7.79. The van der Waals surface area contributed by atoms with E-state index in [4.69, 9.17) is 16.3 Å². The van der Waals surface area contributed by atoms with E-state index in [1.165, 1.54) is 18.2 Å². The molecule has 3 aromatic rings. The van der Waals surface area contributed by atoms with Gasteiger partial charge in [-0.05, 0) is 49.7 Å². The molecule has 29 heavy (non-hydrogen) atoms. The second-order valence-corrected chi connectivity index (χ2v) is 7.43. The summed E-state index contributed by atoms with van der Waals surface area (Å²) in [4.78, 5) is 21.3. The van der Waals surface area contributed by atoms with Crippen LogP contribution in [0.15, 0.2) is 42.6 Å². The largest absolute Gasteiger partial charge is 0.488 e. The summed E-state index contributed by atoms with van der Waals surface area (Å²) in [5.41, 5.74) is 4.42. The molecule has 2 aromatic carbocycles. The molecule has 1 aliphatic heterocycles. The Morgan fingerprint density at radius 2 is 2.14 bits per heavy atom. The van der Waals surface area contributed by atoms with E-state index in [2.05, 4.69) is 15.3 Å². The van der Waals surface area contributed by atoms with Crippen LogP contribution in [-0.4, -0.2) is 28.5 Å². The summed E-state index contributed by atoms with van der Waals surface area (Å²) in [5.74, 6) is -0.431. The number of aromatic nitrogens is 2. The first-order chi connectivity index (χ1) is 13.9. The number of nitrogens with one attached hydrogen (secondary N) is 1. The molecule has 5 nitrogen and oxygen atoms in total. The molecular formula is C22H19ClFN3O2. The third kappa shape index (κ3) is 3.93. The van der Waals surface area contributed by atoms with Crippen molar-refractivity contribution < 1.29 is 13.9 Å². The monoisotopic (exact) mass is 411 g/mol. The van der Waals surface area contributed by atoms with Gasteiger partial charge in [-0.15, -0.1) is 0 Å². The van der Waals surface area contributed by atoms with Crippen molar-refractivity contribution in [2.75, 3.05) is 6.54 Å². The molecular weight excluding hydrogens is 393 g/mol. The summed E-state index contributed by atoms with van der Waals surface area (Å²) in [7, 11) is 0. The van der Waals surface area contributed by atoms with Gasteiger partial charge in [-0.3, -0.25) is 9.78 Å². The summed E-state index contributed by atoms with van der Waals surface area (Å²) >= 11 is 5.95. The number of carbonyl (C=O) groups is 1. The van der Waals surface area contributed by atoms with E-state index >= 15 is 0 Å². The minimum absolute atomic E-state index is 0.0809. The normalized spacial score (nSPS) is 15.0. The highest BCUT2D eigenvalue weighted by Gasteiger charge is 2.25. The number of carbonyl (C=O) groups excluding carboxylic acids is 1. The number of fused-ring (bicyclic) bond motifs is 1. The molecule has 0 saturated carbocycles. The van der Waals surface area contributed by atoms with Gasteiger partial charge in [-0.1, -0.05) is 17.7 Å². The molecule has 0 bridgehead atoms. The quantitative estimate of drug-likeness (QED) is 0.695. The number of rotatable bonds is 4. The third-order valence-electron chi connectivity index (χ3n) is 4.83. The van der Waals surface area contributed by atoms with E-state index in [1.54, 1.807) is 6.20 Å². The Kier molecular flexibility index (Phi) is 5.20. The minimum atomic E-state index is -0.648. The number of benzene rings is 2. The number of amides is 1. The van der Waals surface area contributed by atoms with Gasteiger partial charge in [0, 0.05) is 18.2 Å². The van der Waals surface area contributed by atoms with Crippen LogP contribution in [0.3, 0.4) is 0 Å². The van der Waals surface area contributed by atoms with Gasteiger partial charge >= 0.3 is 0 Å². The summed E-state index contributed by atoms with van der Waals surface area (Å²) < 4.78 is 19.8. The SMILES string of the molecule is Cc1cnc(C)c(-c2ccc3c(c2)C[C@@H](CNC(=O)c2c(F)cccc2Cl)O3)n1. The lowest BCUT2D eigenvalue weighted by Crippen LogP contribution is -2.35. The zero-order valence-electron chi connectivity index (χ0n) is 16.0. The van der Waals surface area contributed by atoms with Gasteiger partial charge in [-0.25, -0.2) is 9.37 Å². The lowest BCUT2D eigenvalue weighted by atomic mass is 10.0. The molecule has 1 amide bonds. The van der Waals surface area contributed by atoms with Crippen molar-refractivity contribution in [3.63, 3.8) is 0 Å². The molecule has 148 valence electrons. The maximum Gasteiger partial charge on any atom is 0.255 e. The highest BCUT2D eigenvalue weighted by molar-refractivity contribution is 6.33. The zero-order valence-corrected chi connectivity index (χ0v) is 16.8. The predicted molar refractivity (Wildman–Crippen MR) is 109 cm³/mol. The molecule has 0 spiro atoms. The Balaban J connectivity index is 1.46. The van der Waals surface area contributed by atoms with Crippen molar-refractivity contribution in [2.45, 2.75) is 26.4 Å². The highest BCUT2D eigenvalue weighted by atomic mass is 35.5. The van der Waals surface area contributed by atoms with Crippen LogP contribution in [0.4, 0.5) is 4.39 Å². The molecule has 1 N–H and O–H groups in total. The van der Waals surface area contributed by atoms with Crippen LogP contribution in [0, 0.1) is 19.7 Å². The summed E-state index contributed by atoms with van der Waals surface area (Å²) in [6.45, 7) is 4.08. The molecule has 2 heterocycles. The molecule has 0 unspecified atom stereocenters. The van der Waals surface area contributed by atoms with Crippen molar-refractivity contribution in [1.29, 1.82) is 0 Å². The molecule has 0 aliphatic carbocycles. The van der Waals surface area contributed by atoms with Gasteiger partial charge < -0.3 is 10.1 Å². The van der Waals surface area contributed by atoms with Crippen molar-refractivity contribution >= 4 is 17.5 Å². The average molecular weight is 412 g/mol. The van der Waals surface area contributed by atoms with Crippen molar-refractivity contribution in [1.82, 2.24) is 15.3 Å². The van der Waals surface area contributed by atoms with Gasteiger partial charge in [0.25, 0.3) is 5.91 Å². The van der Waals surface area contributed by atoms with Gasteiger partial charge in [0.2, 0.25) is 0 Å². The topological polar surface area (TPSA) is 64.1 Å². The maximum absolute atomic E-state index is 13.9. The van der Waals surface area contributed by atoms with Crippen molar-refractivity contribution in [3.8, 4) is 17.0 Å². The summed E-state index contributed by atoms with van der Waals surface area (Å²) in [5, 5.41) is 2.79. The van der Waals surface area contributed by atoms with Crippen LogP contribution in [0.2, 0.25) is 5.02 Å². The van der Waals surface area contributed by atoms with E-state index in [-0.39, 0.29) is 23.2 Å². The minimum Gasteiger partial charge on any atom is -0.488 e. The van der Waals surface area contributed by atoms with Gasteiger partial charge in [-0.2, -0.15) is 0 Å². The van der Waals surface area contributed by atoms with Gasteiger partial charge in [0.15, 0.2) is 0 Å². The second-order valence-electron chi connectivity index (χ2n) is 7.02. The molecule has 0 radical (unpaired) electrons. The fourth-order valence-corrected chi connectivity index (χ4v) is 3.65. The first-order valence-electron chi connectivity index (χ1n) is 9.25. The lowest BCUT2D eigenvalue weighted by Gasteiger charge is -2.12. The fraction of sp³-hybridized carbons (Fsp3) is 0.227. The Hall–Kier alpha value is -2.99. The van der Waals surface area contributed by atoms with Crippen LogP contribution in [0.1, 0.15) is 27.3 Å². The zero-order chi connectivity index (χ0) is 20.5. The molecule has 0 saturated heterocycles. The van der Waals surface area contributed by atoms with E-state index in [0.717, 1.165) is 34.0 Å². The van der Waals surface area contributed by atoms with Crippen LogP contribution in [0.25, 0.3) is 11.3 Å². The Bertz CT molecular complexity index is 1080. The third-order valence-corrected chi connectivity index (χ3v) is 5.15. The standard InChI is InChI=1S/C22H19ClFN3O2/c1-12-10-25-13(2)21(27-12)14-6-7-19-15(8-14)9-16(29-19)11-26-22(28)20-17(23)4-3-5-18(20)24/h3-8,10,16H,9,11H2,1-2H3,(H,26,28)/t16-/m0/s1. The van der Waals surface area contributed by atoms with E-state index < -0.39 is 11.7 Å². The molecule has 1 aliphatic rings. The summed E-state index contributed by atoms with van der Waals surface area (Å²) in [6, 6.07) is 10.1. The van der Waals surface area contributed by atoms with Crippen LogP contribution < -0.4 is 10.1 Å². The maximum atomic E-state index is 13.9. The van der Waals surface area contributed by atoms with Gasteiger partial charge in [0.05, 0.1) is 34.2 Å². The Morgan fingerprint density at radius 1 is 1.31 bits per heavy atom. The lowest BCUT2D eigenvalue weighted by molar-refractivity contribution is 0.0929. The summed E-state index contributed by atoms with van der Waals surface area (Å²) in [6.07, 6.45) is 2.14. The molecule has 1 aromatic heterocycles. The number of hydrogen-bond donors (Lipinski definition) is 1. The molecule has 4 rings (SSSR count). The Labute approximate surface area is 172 Å². The van der Waals surface area contributed by atoms with E-state index in [9.17, 15) is 9.18 Å². The van der Waals surface area contributed by atoms with E-state index in [1.807, 2.05) is 32.0 Å². The number of halogens is 2. The number of aryl methyl sites for hydroxylation is 2. The highest BCUT2D eigenvalue weighted by Crippen LogP contribution is 2.33. The molecule has 0 fully saturated rings.